The first-order valence-corrected chi connectivity index (χ1v) is 13.1. The number of fused-ring (bicyclic) bond motifs is 2. The van der Waals surface area contributed by atoms with Crippen molar-refractivity contribution in [2.24, 2.45) is 0 Å². The van der Waals surface area contributed by atoms with E-state index in [0.717, 1.165) is 42.2 Å². The summed E-state index contributed by atoms with van der Waals surface area (Å²) in [5.41, 5.74) is 5.15. The molecule has 0 unspecified atom stereocenters. The second-order valence-corrected chi connectivity index (χ2v) is 9.76. The van der Waals surface area contributed by atoms with Gasteiger partial charge < -0.3 is 14.8 Å². The predicted octanol–water partition coefficient (Wildman–Crippen LogP) is 4.94. The van der Waals surface area contributed by atoms with Crippen LogP contribution in [-0.4, -0.2) is 71.4 Å². The Morgan fingerprint density at radius 3 is 2.75 bits per heavy atom. The van der Waals surface area contributed by atoms with Crippen LogP contribution in [0.2, 0.25) is 0 Å². The number of ether oxygens (including phenoxy) is 1. The molecule has 3 N–H and O–H groups in total. The molecular formula is C29H25FN8O2. The zero-order valence-electron chi connectivity index (χ0n) is 21.4. The number of nitrogens with zero attached hydrogens (tertiary/aromatic N) is 6. The molecule has 5 aromatic heterocycles. The number of imidazole rings is 1. The quantitative estimate of drug-likeness (QED) is 0.262. The van der Waals surface area contributed by atoms with E-state index in [-0.39, 0.29) is 5.75 Å². The molecule has 6 heterocycles. The highest BCUT2D eigenvalue weighted by Crippen LogP contribution is 2.36. The standard InChI is InChI=1S/C29H25FN8O2/c30-22-12-17(39)5-6-18(22)20-13-24(35-28-27(20)33-16-34-28)26-21-14-23(32-15-25(21)36-37-26)19-4-3-7-31-29(19)40-11-10-38-8-1-2-9-38/h3-7,12-16,39H,1-2,8-11H2,(H,36,37)(H,33,34,35). The lowest BCUT2D eigenvalue weighted by atomic mass is 10.0. The normalized spacial score (nSPS) is 13.9. The molecule has 6 aromatic rings. The van der Waals surface area contributed by atoms with Crippen LogP contribution < -0.4 is 4.74 Å². The lowest BCUT2D eigenvalue weighted by Crippen LogP contribution is -2.25. The van der Waals surface area contributed by atoms with Gasteiger partial charge in [-0.05, 0) is 62.3 Å². The smallest absolute Gasteiger partial charge is 0.222 e. The number of phenols is 1. The molecule has 1 aliphatic heterocycles. The second-order valence-electron chi connectivity index (χ2n) is 9.76. The first-order valence-electron chi connectivity index (χ1n) is 13.1. The summed E-state index contributed by atoms with van der Waals surface area (Å²) >= 11 is 0. The Kier molecular flexibility index (Phi) is 6.05. The molecule has 1 fully saturated rings. The van der Waals surface area contributed by atoms with Crippen molar-refractivity contribution >= 4 is 22.1 Å². The summed E-state index contributed by atoms with van der Waals surface area (Å²) in [5, 5.41) is 18.1. The molecule has 0 amide bonds. The number of aromatic amines is 2. The van der Waals surface area contributed by atoms with Crippen LogP contribution >= 0.6 is 0 Å². The number of hydrogen-bond donors (Lipinski definition) is 3. The fourth-order valence-corrected chi connectivity index (χ4v) is 5.22. The number of likely N-dealkylation sites (tertiary alicyclic amines) is 1. The Bertz CT molecular complexity index is 1840. The summed E-state index contributed by atoms with van der Waals surface area (Å²) in [6, 6.07) is 11.5. The average molecular weight is 537 g/mol. The van der Waals surface area contributed by atoms with E-state index in [4.69, 9.17) is 9.72 Å². The number of H-pyrrole nitrogens is 2. The van der Waals surface area contributed by atoms with E-state index in [1.54, 1.807) is 18.5 Å². The maximum Gasteiger partial charge on any atom is 0.222 e. The van der Waals surface area contributed by atoms with Crippen LogP contribution in [0.1, 0.15) is 12.8 Å². The van der Waals surface area contributed by atoms with E-state index in [9.17, 15) is 9.50 Å². The summed E-state index contributed by atoms with van der Waals surface area (Å²) in [5.74, 6) is -0.176. The fourth-order valence-electron chi connectivity index (χ4n) is 5.22. The van der Waals surface area contributed by atoms with Crippen molar-refractivity contribution in [2.45, 2.75) is 12.8 Å². The highest BCUT2D eigenvalue weighted by Gasteiger charge is 2.19. The molecule has 1 saturated heterocycles. The van der Waals surface area contributed by atoms with Gasteiger partial charge in [-0.25, -0.2) is 19.3 Å². The first-order chi connectivity index (χ1) is 19.6. The van der Waals surface area contributed by atoms with Gasteiger partial charge in [-0.15, -0.1) is 0 Å². The van der Waals surface area contributed by atoms with Gasteiger partial charge >= 0.3 is 0 Å². The van der Waals surface area contributed by atoms with Crippen LogP contribution in [-0.2, 0) is 0 Å². The third-order valence-corrected chi connectivity index (χ3v) is 7.22. The number of aromatic hydroxyl groups is 1. The molecule has 7 rings (SSSR count). The summed E-state index contributed by atoms with van der Waals surface area (Å²) in [4.78, 5) is 23.6. The zero-order chi connectivity index (χ0) is 27.1. The van der Waals surface area contributed by atoms with Crippen molar-refractivity contribution in [3.8, 4) is 45.4 Å². The van der Waals surface area contributed by atoms with Gasteiger partial charge in [-0.1, -0.05) is 0 Å². The molecule has 1 aliphatic rings. The average Bonchev–Trinajstić information content (AvgIpc) is 3.74. The van der Waals surface area contributed by atoms with Gasteiger partial charge in [0, 0.05) is 35.3 Å². The number of rotatable bonds is 7. The molecule has 10 nitrogen and oxygen atoms in total. The van der Waals surface area contributed by atoms with Crippen molar-refractivity contribution in [2.75, 3.05) is 26.2 Å². The van der Waals surface area contributed by atoms with Crippen LogP contribution in [0.3, 0.4) is 0 Å². The van der Waals surface area contributed by atoms with E-state index in [0.29, 0.717) is 51.9 Å². The molecular weight excluding hydrogens is 511 g/mol. The number of hydrogen-bond acceptors (Lipinski definition) is 8. The number of phenolic OH excluding ortho intramolecular Hbond substituents is 1. The monoisotopic (exact) mass is 536 g/mol. The molecule has 0 saturated carbocycles. The van der Waals surface area contributed by atoms with Crippen molar-refractivity contribution < 1.29 is 14.2 Å². The molecule has 0 bridgehead atoms. The lowest BCUT2D eigenvalue weighted by molar-refractivity contribution is 0.232. The number of pyridine rings is 3. The highest BCUT2D eigenvalue weighted by molar-refractivity contribution is 5.98. The Balaban J connectivity index is 1.28. The number of aromatic nitrogens is 7. The maximum absolute atomic E-state index is 14.9. The minimum absolute atomic E-state index is 0.149. The van der Waals surface area contributed by atoms with Crippen LogP contribution in [0.4, 0.5) is 4.39 Å². The van der Waals surface area contributed by atoms with Crippen LogP contribution in [0.15, 0.2) is 61.2 Å². The lowest BCUT2D eigenvalue weighted by Gasteiger charge is -2.15. The van der Waals surface area contributed by atoms with Crippen molar-refractivity contribution in [1.82, 2.24) is 40.0 Å². The van der Waals surface area contributed by atoms with E-state index < -0.39 is 5.82 Å². The molecule has 0 aliphatic carbocycles. The molecule has 200 valence electrons. The highest BCUT2D eigenvalue weighted by atomic mass is 19.1. The van der Waals surface area contributed by atoms with Crippen LogP contribution in [0.5, 0.6) is 11.6 Å². The van der Waals surface area contributed by atoms with Gasteiger partial charge in [0.2, 0.25) is 5.88 Å². The molecule has 40 heavy (non-hydrogen) atoms. The van der Waals surface area contributed by atoms with E-state index in [1.807, 2.05) is 18.2 Å². The topological polar surface area (TPSA) is 129 Å². The zero-order valence-corrected chi connectivity index (χ0v) is 21.4. The molecule has 11 heteroatoms. The van der Waals surface area contributed by atoms with Gasteiger partial charge in [0.15, 0.2) is 5.65 Å². The maximum atomic E-state index is 14.9. The largest absolute Gasteiger partial charge is 0.508 e. The number of halogens is 1. The summed E-state index contributed by atoms with van der Waals surface area (Å²) in [6.45, 7) is 3.63. The van der Waals surface area contributed by atoms with Gasteiger partial charge in [0.1, 0.15) is 23.9 Å². The summed E-state index contributed by atoms with van der Waals surface area (Å²) < 4.78 is 21.0. The number of nitrogens with one attached hydrogen (secondary N) is 2. The van der Waals surface area contributed by atoms with E-state index in [2.05, 4.69) is 35.0 Å². The summed E-state index contributed by atoms with van der Waals surface area (Å²) in [6.07, 6.45) is 7.42. The second kappa shape index (κ2) is 10.0. The van der Waals surface area contributed by atoms with Gasteiger partial charge in [-0.3, -0.25) is 15.0 Å². The Labute approximate surface area is 227 Å². The van der Waals surface area contributed by atoms with Crippen LogP contribution in [0.25, 0.3) is 55.8 Å². The Morgan fingerprint density at radius 2 is 1.88 bits per heavy atom. The molecule has 1 aromatic carbocycles. The SMILES string of the molecule is Oc1ccc(-c2cc(-c3n[nH]c4cnc(-c5cccnc5OCCN5CCCC5)cc34)nc3nc[nH]c23)c(F)c1. The third kappa shape index (κ3) is 4.39. The fraction of sp³-hybridized carbons (Fsp3) is 0.207. The first kappa shape index (κ1) is 24.2. The third-order valence-electron chi connectivity index (χ3n) is 7.22. The summed E-state index contributed by atoms with van der Waals surface area (Å²) in [7, 11) is 0. The van der Waals surface area contributed by atoms with Crippen LogP contribution in [0, 0.1) is 5.82 Å². The van der Waals surface area contributed by atoms with Crippen molar-refractivity contribution in [3.05, 3.63) is 67.0 Å². The molecule has 0 atom stereocenters. The minimum Gasteiger partial charge on any atom is -0.508 e. The van der Waals surface area contributed by atoms with E-state index in [1.165, 1.54) is 31.3 Å². The van der Waals surface area contributed by atoms with Gasteiger partial charge in [-0.2, -0.15) is 5.10 Å². The van der Waals surface area contributed by atoms with Gasteiger partial charge in [0.25, 0.3) is 0 Å². The van der Waals surface area contributed by atoms with Crippen molar-refractivity contribution in [1.29, 1.82) is 0 Å². The predicted molar refractivity (Wildman–Crippen MR) is 148 cm³/mol. The number of benzene rings is 1. The Hall–Kier alpha value is -4.90. The molecule has 0 spiro atoms. The molecule has 0 radical (unpaired) electrons. The Morgan fingerprint density at radius 1 is 0.975 bits per heavy atom. The minimum atomic E-state index is -0.555. The van der Waals surface area contributed by atoms with Gasteiger partial charge in [0.05, 0.1) is 40.5 Å². The van der Waals surface area contributed by atoms with Crippen molar-refractivity contribution in [3.63, 3.8) is 0 Å². The van der Waals surface area contributed by atoms with E-state index >= 15 is 0 Å².